The Labute approximate surface area is 105 Å². The summed E-state index contributed by atoms with van der Waals surface area (Å²) in [5.74, 6) is 0. The molecule has 0 aromatic heterocycles. The SMILES string of the molecule is CCNC(C)(C#N)CCN1CCOC(CC)C1. The van der Waals surface area contributed by atoms with Crippen LogP contribution in [-0.4, -0.2) is 49.3 Å². The Hall–Kier alpha value is -0.630. The molecule has 0 bridgehead atoms. The van der Waals surface area contributed by atoms with Crippen LogP contribution in [0.1, 0.15) is 33.6 Å². The summed E-state index contributed by atoms with van der Waals surface area (Å²) >= 11 is 0. The first-order chi connectivity index (χ1) is 8.13. The van der Waals surface area contributed by atoms with Crippen LogP contribution >= 0.6 is 0 Å². The van der Waals surface area contributed by atoms with Gasteiger partial charge < -0.3 is 4.74 Å². The number of ether oxygens (including phenoxy) is 1. The number of nitrogens with zero attached hydrogens (tertiary/aromatic N) is 2. The van der Waals surface area contributed by atoms with Crippen LogP contribution in [0.15, 0.2) is 0 Å². The molecule has 0 spiro atoms. The highest BCUT2D eigenvalue weighted by molar-refractivity contribution is 5.03. The number of morpholine rings is 1. The highest BCUT2D eigenvalue weighted by Gasteiger charge is 2.25. The van der Waals surface area contributed by atoms with Crippen molar-refractivity contribution >= 4 is 0 Å². The van der Waals surface area contributed by atoms with E-state index in [9.17, 15) is 5.26 Å². The molecule has 17 heavy (non-hydrogen) atoms. The molecule has 2 atom stereocenters. The highest BCUT2D eigenvalue weighted by Crippen LogP contribution is 2.13. The standard InChI is InChI=1S/C13H25N3O/c1-4-12-10-16(8-9-17-12)7-6-13(3,11-14)15-5-2/h12,15H,4-10H2,1-3H3. The van der Waals surface area contributed by atoms with Crippen molar-refractivity contribution in [3.8, 4) is 6.07 Å². The Morgan fingerprint density at radius 2 is 2.29 bits per heavy atom. The van der Waals surface area contributed by atoms with E-state index in [-0.39, 0.29) is 0 Å². The van der Waals surface area contributed by atoms with Gasteiger partial charge in [0.05, 0.1) is 18.8 Å². The molecule has 2 unspecified atom stereocenters. The maximum atomic E-state index is 9.19. The third-order valence-corrected chi connectivity index (χ3v) is 3.42. The first-order valence-corrected chi connectivity index (χ1v) is 6.63. The zero-order valence-corrected chi connectivity index (χ0v) is 11.3. The van der Waals surface area contributed by atoms with Crippen LogP contribution in [0.5, 0.6) is 0 Å². The lowest BCUT2D eigenvalue weighted by molar-refractivity contribution is -0.0310. The molecule has 1 fully saturated rings. The van der Waals surface area contributed by atoms with E-state index in [1.165, 1.54) is 0 Å². The fraction of sp³-hybridized carbons (Fsp3) is 0.923. The third kappa shape index (κ3) is 4.63. The molecule has 1 heterocycles. The second kappa shape index (κ2) is 6.95. The Morgan fingerprint density at radius 1 is 1.53 bits per heavy atom. The lowest BCUT2D eigenvalue weighted by Gasteiger charge is -2.34. The van der Waals surface area contributed by atoms with Crippen molar-refractivity contribution in [2.75, 3.05) is 32.8 Å². The van der Waals surface area contributed by atoms with Crippen molar-refractivity contribution in [1.29, 1.82) is 5.26 Å². The minimum Gasteiger partial charge on any atom is -0.376 e. The van der Waals surface area contributed by atoms with Crippen LogP contribution in [0.2, 0.25) is 0 Å². The van der Waals surface area contributed by atoms with Crippen molar-refractivity contribution < 1.29 is 4.74 Å². The number of rotatable bonds is 6. The summed E-state index contributed by atoms with van der Waals surface area (Å²) in [7, 11) is 0. The van der Waals surface area contributed by atoms with Crippen LogP contribution < -0.4 is 5.32 Å². The third-order valence-electron chi connectivity index (χ3n) is 3.42. The second-order valence-corrected chi connectivity index (χ2v) is 4.93. The first-order valence-electron chi connectivity index (χ1n) is 6.63. The quantitative estimate of drug-likeness (QED) is 0.761. The summed E-state index contributed by atoms with van der Waals surface area (Å²) in [5, 5.41) is 12.4. The van der Waals surface area contributed by atoms with Gasteiger partial charge in [-0.05, 0) is 26.3 Å². The van der Waals surface area contributed by atoms with Gasteiger partial charge in [-0.25, -0.2) is 0 Å². The van der Waals surface area contributed by atoms with E-state index in [4.69, 9.17) is 4.74 Å². The summed E-state index contributed by atoms with van der Waals surface area (Å²) in [6.45, 7) is 10.8. The summed E-state index contributed by atoms with van der Waals surface area (Å²) in [5.41, 5.74) is -0.394. The average Bonchev–Trinajstić information content (AvgIpc) is 2.37. The maximum Gasteiger partial charge on any atom is 0.105 e. The van der Waals surface area contributed by atoms with Crippen LogP contribution in [0.4, 0.5) is 0 Å². The zero-order valence-electron chi connectivity index (χ0n) is 11.3. The van der Waals surface area contributed by atoms with Gasteiger partial charge in [-0.3, -0.25) is 10.2 Å². The maximum absolute atomic E-state index is 9.19. The molecule has 4 nitrogen and oxygen atoms in total. The molecule has 0 radical (unpaired) electrons. The first kappa shape index (κ1) is 14.4. The fourth-order valence-corrected chi connectivity index (χ4v) is 2.19. The van der Waals surface area contributed by atoms with E-state index in [0.717, 1.165) is 45.6 Å². The molecular weight excluding hydrogens is 214 g/mol. The molecule has 1 N–H and O–H groups in total. The summed E-state index contributed by atoms with van der Waals surface area (Å²) < 4.78 is 5.64. The van der Waals surface area contributed by atoms with Gasteiger partial charge in [0, 0.05) is 19.6 Å². The Morgan fingerprint density at radius 3 is 2.88 bits per heavy atom. The zero-order chi connectivity index (χ0) is 12.7. The van der Waals surface area contributed by atoms with E-state index in [0.29, 0.717) is 6.10 Å². The molecule has 0 aliphatic carbocycles. The highest BCUT2D eigenvalue weighted by atomic mass is 16.5. The van der Waals surface area contributed by atoms with Gasteiger partial charge in [0.25, 0.3) is 0 Å². The normalized spacial score (nSPS) is 25.2. The predicted molar refractivity (Wildman–Crippen MR) is 68.8 cm³/mol. The van der Waals surface area contributed by atoms with Gasteiger partial charge in [-0.15, -0.1) is 0 Å². The molecule has 4 heteroatoms. The van der Waals surface area contributed by atoms with Crippen molar-refractivity contribution in [2.45, 2.75) is 45.3 Å². The fourth-order valence-electron chi connectivity index (χ4n) is 2.19. The molecule has 0 aromatic carbocycles. The molecule has 1 saturated heterocycles. The summed E-state index contributed by atoms with van der Waals surface area (Å²) in [6.07, 6.45) is 2.31. The Bertz CT molecular complexity index is 264. The van der Waals surface area contributed by atoms with Gasteiger partial charge in [0.2, 0.25) is 0 Å². The largest absolute Gasteiger partial charge is 0.376 e. The molecular formula is C13H25N3O. The van der Waals surface area contributed by atoms with Gasteiger partial charge in [0.15, 0.2) is 0 Å². The summed E-state index contributed by atoms with van der Waals surface area (Å²) in [6, 6.07) is 2.38. The van der Waals surface area contributed by atoms with Crippen LogP contribution in [0, 0.1) is 11.3 Å². The van der Waals surface area contributed by atoms with E-state index < -0.39 is 5.54 Å². The second-order valence-electron chi connectivity index (χ2n) is 4.93. The molecule has 1 aliphatic heterocycles. The predicted octanol–water partition coefficient (Wildman–Crippen LogP) is 1.38. The molecule has 0 aromatic rings. The number of nitrogens with one attached hydrogen (secondary N) is 1. The van der Waals surface area contributed by atoms with Gasteiger partial charge in [0.1, 0.15) is 5.54 Å². The van der Waals surface area contributed by atoms with Crippen LogP contribution in [0.25, 0.3) is 0 Å². The van der Waals surface area contributed by atoms with E-state index in [2.05, 4.69) is 23.2 Å². The van der Waals surface area contributed by atoms with Crippen molar-refractivity contribution in [3.05, 3.63) is 0 Å². The molecule has 0 saturated carbocycles. The van der Waals surface area contributed by atoms with Crippen LogP contribution in [-0.2, 0) is 4.74 Å². The number of hydrogen-bond donors (Lipinski definition) is 1. The van der Waals surface area contributed by atoms with Crippen LogP contribution in [0.3, 0.4) is 0 Å². The minimum atomic E-state index is -0.394. The van der Waals surface area contributed by atoms with Crippen molar-refractivity contribution in [3.63, 3.8) is 0 Å². The monoisotopic (exact) mass is 239 g/mol. The Kier molecular flexibility index (Phi) is 5.90. The average molecular weight is 239 g/mol. The van der Waals surface area contributed by atoms with Gasteiger partial charge in [-0.2, -0.15) is 5.26 Å². The molecule has 98 valence electrons. The van der Waals surface area contributed by atoms with Gasteiger partial charge >= 0.3 is 0 Å². The number of hydrogen-bond acceptors (Lipinski definition) is 4. The van der Waals surface area contributed by atoms with E-state index in [1.54, 1.807) is 0 Å². The van der Waals surface area contributed by atoms with Gasteiger partial charge in [-0.1, -0.05) is 13.8 Å². The van der Waals surface area contributed by atoms with E-state index in [1.807, 2.05) is 13.8 Å². The minimum absolute atomic E-state index is 0.372. The lowest BCUT2D eigenvalue weighted by atomic mass is 9.99. The molecule has 1 aliphatic rings. The Balaban J connectivity index is 2.36. The number of nitriles is 1. The molecule has 1 rings (SSSR count). The van der Waals surface area contributed by atoms with Crippen molar-refractivity contribution in [1.82, 2.24) is 10.2 Å². The summed E-state index contributed by atoms with van der Waals surface area (Å²) in [4.78, 5) is 2.41. The topological polar surface area (TPSA) is 48.3 Å². The smallest absolute Gasteiger partial charge is 0.105 e. The molecule has 0 amide bonds. The van der Waals surface area contributed by atoms with Crippen molar-refractivity contribution in [2.24, 2.45) is 0 Å². The lowest BCUT2D eigenvalue weighted by Crippen LogP contribution is -2.47. The van der Waals surface area contributed by atoms with E-state index >= 15 is 0 Å².